The van der Waals surface area contributed by atoms with E-state index in [0.29, 0.717) is 18.1 Å². The molecule has 0 spiro atoms. The lowest BCUT2D eigenvalue weighted by Crippen LogP contribution is -2.42. The molecule has 0 aromatic carbocycles. The van der Waals surface area contributed by atoms with E-state index < -0.39 is 0 Å². The van der Waals surface area contributed by atoms with Crippen molar-refractivity contribution < 1.29 is 4.39 Å². The smallest absolute Gasteiger partial charge is 0.148 e. The fourth-order valence-electron chi connectivity index (χ4n) is 3.16. The molecule has 1 N–H and O–H groups in total. The van der Waals surface area contributed by atoms with Crippen LogP contribution in [0.4, 0.5) is 10.2 Å². The number of halogens is 1. The summed E-state index contributed by atoms with van der Waals surface area (Å²) in [5, 5.41) is 19.3. The van der Waals surface area contributed by atoms with Gasteiger partial charge in [0.05, 0.1) is 23.8 Å². The number of hydrogen-bond acceptors (Lipinski definition) is 6. The Morgan fingerprint density at radius 2 is 1.96 bits per heavy atom. The van der Waals surface area contributed by atoms with Crippen molar-refractivity contribution in [1.82, 2.24) is 25.4 Å². The van der Waals surface area contributed by atoms with E-state index in [1.54, 1.807) is 24.7 Å². The molecule has 0 amide bonds. The van der Waals surface area contributed by atoms with Crippen LogP contribution in [-0.2, 0) is 5.41 Å². The Morgan fingerprint density at radius 1 is 1.04 bits per heavy atom. The molecule has 3 heterocycles. The Hall–Kier alpha value is -2.96. The van der Waals surface area contributed by atoms with Gasteiger partial charge in [-0.3, -0.25) is 4.98 Å². The number of nitrogens with zero attached hydrogens (tertiary/aromatic N) is 5. The second kappa shape index (κ2) is 6.51. The van der Waals surface area contributed by atoms with Gasteiger partial charge in [0.25, 0.3) is 0 Å². The zero-order chi connectivity index (χ0) is 17.1. The van der Waals surface area contributed by atoms with Crippen LogP contribution < -0.4 is 5.32 Å². The highest BCUT2D eigenvalue weighted by Crippen LogP contribution is 2.43. The average Bonchev–Trinajstić information content (AvgIpc) is 2.63. The fourth-order valence-corrected chi connectivity index (χ4v) is 3.16. The van der Waals surface area contributed by atoms with Crippen LogP contribution in [0, 0.1) is 5.82 Å². The van der Waals surface area contributed by atoms with Crippen LogP contribution in [0.3, 0.4) is 0 Å². The summed E-state index contributed by atoms with van der Waals surface area (Å²) in [6.45, 7) is 0.589. The van der Waals surface area contributed by atoms with Gasteiger partial charge < -0.3 is 5.32 Å². The molecule has 1 fully saturated rings. The molecule has 0 unspecified atom stereocenters. The van der Waals surface area contributed by atoms with Gasteiger partial charge in [-0.15, -0.1) is 10.2 Å². The molecule has 4 rings (SSSR count). The summed E-state index contributed by atoms with van der Waals surface area (Å²) in [6, 6.07) is 8.67. The summed E-state index contributed by atoms with van der Waals surface area (Å²) in [4.78, 5) is 4.27. The van der Waals surface area contributed by atoms with Gasteiger partial charge in [0, 0.05) is 23.7 Å². The molecule has 1 aliphatic rings. The average molecular weight is 336 g/mol. The van der Waals surface area contributed by atoms with Crippen LogP contribution in [0.5, 0.6) is 0 Å². The summed E-state index contributed by atoms with van der Waals surface area (Å²) in [5.41, 5.74) is 1.87. The van der Waals surface area contributed by atoms with Crippen molar-refractivity contribution in [3.8, 4) is 11.3 Å². The maximum absolute atomic E-state index is 14.1. The Labute approximate surface area is 144 Å². The summed E-state index contributed by atoms with van der Waals surface area (Å²) in [7, 11) is 0. The normalized spacial score (nSPS) is 15.4. The highest BCUT2D eigenvalue weighted by Gasteiger charge is 2.41. The van der Waals surface area contributed by atoms with Gasteiger partial charge >= 0.3 is 0 Å². The lowest BCUT2D eigenvalue weighted by Gasteiger charge is -2.41. The minimum Gasteiger partial charge on any atom is -0.368 e. The van der Waals surface area contributed by atoms with Crippen LogP contribution in [0.15, 0.2) is 48.9 Å². The molecule has 0 atom stereocenters. The van der Waals surface area contributed by atoms with E-state index in [9.17, 15) is 4.39 Å². The van der Waals surface area contributed by atoms with E-state index in [0.717, 1.165) is 30.5 Å². The van der Waals surface area contributed by atoms with Crippen LogP contribution in [0.25, 0.3) is 11.3 Å². The Balaban J connectivity index is 1.48. The maximum Gasteiger partial charge on any atom is 0.148 e. The second-order valence-corrected chi connectivity index (χ2v) is 6.26. The minimum atomic E-state index is -0.263. The molecule has 0 bridgehead atoms. The van der Waals surface area contributed by atoms with Crippen LogP contribution in [0.1, 0.15) is 25.0 Å². The molecular weight excluding hydrogens is 319 g/mol. The predicted molar refractivity (Wildman–Crippen MR) is 91.3 cm³/mol. The Kier molecular flexibility index (Phi) is 4.05. The van der Waals surface area contributed by atoms with Gasteiger partial charge in [-0.1, -0.05) is 6.42 Å². The van der Waals surface area contributed by atoms with E-state index in [4.69, 9.17) is 0 Å². The first-order chi connectivity index (χ1) is 12.3. The van der Waals surface area contributed by atoms with Gasteiger partial charge in [0.1, 0.15) is 11.6 Å². The van der Waals surface area contributed by atoms with Crippen molar-refractivity contribution in [1.29, 1.82) is 0 Å². The first-order valence-corrected chi connectivity index (χ1v) is 8.23. The first-order valence-electron chi connectivity index (χ1n) is 8.23. The van der Waals surface area contributed by atoms with Crippen LogP contribution >= 0.6 is 0 Å². The van der Waals surface area contributed by atoms with Crippen molar-refractivity contribution in [2.45, 2.75) is 24.7 Å². The molecule has 126 valence electrons. The zero-order valence-corrected chi connectivity index (χ0v) is 13.6. The number of pyridine rings is 1. The summed E-state index contributed by atoms with van der Waals surface area (Å²) >= 11 is 0. The van der Waals surface area contributed by atoms with Gasteiger partial charge in [0.2, 0.25) is 0 Å². The van der Waals surface area contributed by atoms with Crippen molar-refractivity contribution >= 4 is 5.82 Å². The molecule has 6 nitrogen and oxygen atoms in total. The molecule has 7 heteroatoms. The van der Waals surface area contributed by atoms with Crippen molar-refractivity contribution in [2.75, 3.05) is 11.9 Å². The Bertz CT molecular complexity index is 849. The second-order valence-electron chi connectivity index (χ2n) is 6.26. The minimum absolute atomic E-state index is 0.240. The zero-order valence-electron chi connectivity index (χ0n) is 13.6. The number of aromatic nitrogens is 5. The van der Waals surface area contributed by atoms with Crippen molar-refractivity contribution in [3.63, 3.8) is 0 Å². The monoisotopic (exact) mass is 336 g/mol. The van der Waals surface area contributed by atoms with E-state index in [-0.39, 0.29) is 11.2 Å². The lowest BCUT2D eigenvalue weighted by molar-refractivity contribution is 0.243. The fraction of sp³-hybridized carbons (Fsp3) is 0.278. The first kappa shape index (κ1) is 15.6. The highest BCUT2D eigenvalue weighted by molar-refractivity contribution is 5.57. The van der Waals surface area contributed by atoms with E-state index in [1.165, 1.54) is 6.07 Å². The molecule has 0 aliphatic heterocycles. The van der Waals surface area contributed by atoms with Crippen LogP contribution in [0.2, 0.25) is 0 Å². The van der Waals surface area contributed by atoms with Gasteiger partial charge in [-0.2, -0.15) is 10.2 Å². The van der Waals surface area contributed by atoms with E-state index in [1.807, 2.05) is 18.2 Å². The van der Waals surface area contributed by atoms with Crippen LogP contribution in [-0.4, -0.2) is 31.9 Å². The topological polar surface area (TPSA) is 76.5 Å². The largest absolute Gasteiger partial charge is 0.368 e. The summed E-state index contributed by atoms with van der Waals surface area (Å²) < 4.78 is 14.1. The lowest BCUT2D eigenvalue weighted by atomic mass is 9.66. The standard InChI is InChI=1S/C18H17FN6/c19-14-3-1-9-20-17(14)18(7-2-8-18)12-21-16-5-4-15(24-25-16)13-6-10-22-23-11-13/h1,3-6,9-11H,2,7-8,12H2,(H,21,25). The third kappa shape index (κ3) is 3.05. The molecule has 25 heavy (non-hydrogen) atoms. The predicted octanol–water partition coefficient (Wildman–Crippen LogP) is 3.00. The SMILES string of the molecule is Fc1cccnc1C1(CNc2ccc(-c3ccnnc3)nn2)CCC1. The van der Waals surface area contributed by atoms with E-state index in [2.05, 4.69) is 30.7 Å². The number of hydrogen-bond donors (Lipinski definition) is 1. The van der Waals surface area contributed by atoms with Gasteiger partial charge in [-0.05, 0) is 43.2 Å². The van der Waals surface area contributed by atoms with Crippen molar-refractivity contribution in [2.24, 2.45) is 0 Å². The number of anilines is 1. The van der Waals surface area contributed by atoms with Crippen molar-refractivity contribution in [3.05, 3.63) is 60.4 Å². The third-order valence-electron chi connectivity index (χ3n) is 4.72. The van der Waals surface area contributed by atoms with Gasteiger partial charge in [-0.25, -0.2) is 4.39 Å². The molecule has 1 saturated carbocycles. The molecule has 3 aromatic heterocycles. The number of nitrogens with one attached hydrogen (secondary N) is 1. The molecule has 0 saturated heterocycles. The highest BCUT2D eigenvalue weighted by atomic mass is 19.1. The molecule has 3 aromatic rings. The quantitative estimate of drug-likeness (QED) is 0.772. The molecule has 1 aliphatic carbocycles. The number of rotatable bonds is 5. The van der Waals surface area contributed by atoms with Gasteiger partial charge in [0.15, 0.2) is 0 Å². The summed E-state index contributed by atoms with van der Waals surface area (Å²) in [6.07, 6.45) is 7.83. The Morgan fingerprint density at radius 3 is 2.60 bits per heavy atom. The molecule has 0 radical (unpaired) electrons. The summed E-state index contributed by atoms with van der Waals surface area (Å²) in [5.74, 6) is 0.420. The maximum atomic E-state index is 14.1. The van der Waals surface area contributed by atoms with E-state index >= 15 is 0 Å². The molecular formula is C18H17FN6. The third-order valence-corrected chi connectivity index (χ3v) is 4.72.